The van der Waals surface area contributed by atoms with E-state index in [-0.39, 0.29) is 23.4 Å². The van der Waals surface area contributed by atoms with Gasteiger partial charge >= 0.3 is 0 Å². The van der Waals surface area contributed by atoms with Crippen LogP contribution in [0.5, 0.6) is 0 Å². The SMILES string of the molecule is CC(c1ncc(C(C)(C)C)o1)N1CCC(NC(=O)c2ccc[nH]2)CC1. The summed E-state index contributed by atoms with van der Waals surface area (Å²) in [6.45, 7) is 10.4. The van der Waals surface area contributed by atoms with E-state index in [0.717, 1.165) is 37.6 Å². The van der Waals surface area contributed by atoms with Crippen molar-refractivity contribution in [1.29, 1.82) is 0 Å². The third kappa shape index (κ3) is 4.12. The molecule has 1 atom stereocenters. The Balaban J connectivity index is 1.53. The van der Waals surface area contributed by atoms with Crippen LogP contribution in [0.2, 0.25) is 0 Å². The number of amides is 1. The zero-order chi connectivity index (χ0) is 18.0. The van der Waals surface area contributed by atoms with E-state index in [9.17, 15) is 4.79 Å². The highest BCUT2D eigenvalue weighted by atomic mass is 16.4. The number of oxazole rings is 1. The number of aromatic amines is 1. The zero-order valence-electron chi connectivity index (χ0n) is 15.5. The van der Waals surface area contributed by atoms with Crippen molar-refractivity contribution in [3.63, 3.8) is 0 Å². The van der Waals surface area contributed by atoms with Crippen LogP contribution in [0.15, 0.2) is 28.9 Å². The topological polar surface area (TPSA) is 74.2 Å². The van der Waals surface area contributed by atoms with E-state index in [1.165, 1.54) is 0 Å². The molecule has 2 aromatic heterocycles. The Kier molecular flexibility index (Phi) is 4.99. The van der Waals surface area contributed by atoms with Gasteiger partial charge in [-0.3, -0.25) is 9.69 Å². The molecule has 0 bridgehead atoms. The second-order valence-electron chi connectivity index (χ2n) is 7.86. The van der Waals surface area contributed by atoms with Gasteiger partial charge in [-0.15, -0.1) is 0 Å². The Morgan fingerprint density at radius 1 is 1.40 bits per heavy atom. The normalized spacial score (nSPS) is 18.2. The van der Waals surface area contributed by atoms with E-state index in [1.807, 2.05) is 12.3 Å². The molecule has 1 fully saturated rings. The molecule has 1 unspecified atom stereocenters. The average molecular weight is 344 g/mol. The van der Waals surface area contributed by atoms with Crippen LogP contribution in [0.4, 0.5) is 0 Å². The fourth-order valence-electron chi connectivity index (χ4n) is 3.15. The van der Waals surface area contributed by atoms with E-state index in [4.69, 9.17) is 4.42 Å². The fraction of sp³-hybridized carbons (Fsp3) is 0.579. The Hall–Kier alpha value is -2.08. The van der Waals surface area contributed by atoms with Gasteiger partial charge < -0.3 is 14.7 Å². The lowest BCUT2D eigenvalue weighted by Gasteiger charge is -2.35. The Morgan fingerprint density at radius 3 is 2.68 bits per heavy atom. The third-order valence-electron chi connectivity index (χ3n) is 4.88. The van der Waals surface area contributed by atoms with Gasteiger partial charge in [0, 0.05) is 30.7 Å². The molecule has 1 aliphatic rings. The smallest absolute Gasteiger partial charge is 0.267 e. The number of hydrogen-bond donors (Lipinski definition) is 2. The minimum absolute atomic E-state index is 0.0277. The Labute approximate surface area is 149 Å². The molecule has 0 saturated carbocycles. The maximum absolute atomic E-state index is 12.1. The minimum atomic E-state index is -0.0287. The Bertz CT molecular complexity index is 691. The van der Waals surface area contributed by atoms with Gasteiger partial charge in [0.2, 0.25) is 5.89 Å². The second-order valence-corrected chi connectivity index (χ2v) is 7.86. The first-order chi connectivity index (χ1) is 11.8. The van der Waals surface area contributed by atoms with Gasteiger partial charge in [-0.05, 0) is 31.9 Å². The number of hydrogen-bond acceptors (Lipinski definition) is 4. The quantitative estimate of drug-likeness (QED) is 0.893. The van der Waals surface area contributed by atoms with E-state index in [2.05, 4.69) is 47.9 Å². The van der Waals surface area contributed by atoms with E-state index in [1.54, 1.807) is 12.3 Å². The summed E-state index contributed by atoms with van der Waals surface area (Å²) in [6.07, 6.45) is 5.48. The zero-order valence-corrected chi connectivity index (χ0v) is 15.5. The van der Waals surface area contributed by atoms with Crippen LogP contribution >= 0.6 is 0 Å². The summed E-state index contributed by atoms with van der Waals surface area (Å²) in [5.74, 6) is 1.67. The molecular formula is C19H28N4O2. The largest absolute Gasteiger partial charge is 0.443 e. The van der Waals surface area contributed by atoms with Crippen LogP contribution in [-0.2, 0) is 5.41 Å². The van der Waals surface area contributed by atoms with Gasteiger partial charge in [-0.1, -0.05) is 20.8 Å². The molecule has 1 aliphatic heterocycles. The number of carbonyl (C=O) groups excluding carboxylic acids is 1. The average Bonchev–Trinajstić information content (AvgIpc) is 3.26. The molecule has 136 valence electrons. The van der Waals surface area contributed by atoms with Crippen LogP contribution in [0.3, 0.4) is 0 Å². The van der Waals surface area contributed by atoms with Gasteiger partial charge in [-0.2, -0.15) is 0 Å². The summed E-state index contributed by atoms with van der Waals surface area (Å²) < 4.78 is 5.98. The van der Waals surface area contributed by atoms with Crippen LogP contribution in [0.1, 0.15) is 68.7 Å². The lowest BCUT2D eigenvalue weighted by molar-refractivity contribution is 0.0879. The van der Waals surface area contributed by atoms with E-state index >= 15 is 0 Å². The maximum atomic E-state index is 12.1. The summed E-state index contributed by atoms with van der Waals surface area (Å²) in [4.78, 5) is 21.9. The summed E-state index contributed by atoms with van der Waals surface area (Å²) in [7, 11) is 0. The molecule has 2 N–H and O–H groups in total. The first kappa shape index (κ1) is 17.7. The van der Waals surface area contributed by atoms with Crippen molar-refractivity contribution in [2.75, 3.05) is 13.1 Å². The van der Waals surface area contributed by atoms with Crippen molar-refractivity contribution in [3.8, 4) is 0 Å². The molecule has 0 radical (unpaired) electrons. The number of H-pyrrole nitrogens is 1. The summed E-state index contributed by atoms with van der Waals surface area (Å²) in [5.41, 5.74) is 0.588. The lowest BCUT2D eigenvalue weighted by Crippen LogP contribution is -2.45. The van der Waals surface area contributed by atoms with Crippen LogP contribution in [0.25, 0.3) is 0 Å². The van der Waals surface area contributed by atoms with E-state index < -0.39 is 0 Å². The number of piperidine rings is 1. The second kappa shape index (κ2) is 7.04. The molecule has 25 heavy (non-hydrogen) atoms. The van der Waals surface area contributed by atoms with Gasteiger partial charge in [0.05, 0.1) is 12.2 Å². The molecule has 1 amide bonds. The minimum Gasteiger partial charge on any atom is -0.443 e. The molecule has 0 spiro atoms. The highest BCUT2D eigenvalue weighted by molar-refractivity contribution is 5.92. The monoisotopic (exact) mass is 344 g/mol. The van der Waals surface area contributed by atoms with Crippen molar-refractivity contribution >= 4 is 5.91 Å². The first-order valence-corrected chi connectivity index (χ1v) is 8.99. The van der Waals surface area contributed by atoms with Crippen LogP contribution in [0, 0.1) is 0 Å². The molecule has 1 saturated heterocycles. The number of nitrogens with one attached hydrogen (secondary N) is 2. The highest BCUT2D eigenvalue weighted by Gasteiger charge is 2.28. The fourth-order valence-corrected chi connectivity index (χ4v) is 3.15. The Morgan fingerprint density at radius 2 is 2.12 bits per heavy atom. The predicted octanol–water partition coefficient (Wildman–Crippen LogP) is 3.26. The number of rotatable bonds is 4. The number of nitrogens with zero attached hydrogens (tertiary/aromatic N) is 2. The molecule has 2 aromatic rings. The molecule has 0 aliphatic carbocycles. The number of likely N-dealkylation sites (tertiary alicyclic amines) is 1. The standard InChI is InChI=1S/C19H28N4O2/c1-13(18-21-12-16(25-18)19(2,3)4)23-10-7-14(8-11-23)22-17(24)15-6-5-9-20-15/h5-6,9,12-14,20H,7-8,10-11H2,1-4H3,(H,22,24). The summed E-state index contributed by atoms with van der Waals surface area (Å²) >= 11 is 0. The molecule has 3 rings (SSSR count). The van der Waals surface area contributed by atoms with Gasteiger partial charge in [0.1, 0.15) is 11.5 Å². The van der Waals surface area contributed by atoms with Crippen LogP contribution in [-0.4, -0.2) is 39.9 Å². The molecule has 0 aromatic carbocycles. The summed E-state index contributed by atoms with van der Waals surface area (Å²) in [5, 5.41) is 3.11. The van der Waals surface area contributed by atoms with Crippen molar-refractivity contribution < 1.29 is 9.21 Å². The van der Waals surface area contributed by atoms with Gasteiger partial charge in [0.15, 0.2) is 0 Å². The van der Waals surface area contributed by atoms with Crippen molar-refractivity contribution in [2.24, 2.45) is 0 Å². The van der Waals surface area contributed by atoms with Gasteiger partial charge in [0.25, 0.3) is 5.91 Å². The molecule has 6 heteroatoms. The van der Waals surface area contributed by atoms with Crippen LogP contribution < -0.4 is 5.32 Å². The first-order valence-electron chi connectivity index (χ1n) is 8.99. The maximum Gasteiger partial charge on any atom is 0.267 e. The van der Waals surface area contributed by atoms with Crippen molar-refractivity contribution in [2.45, 2.75) is 58.0 Å². The molecular weight excluding hydrogens is 316 g/mol. The summed E-state index contributed by atoms with van der Waals surface area (Å²) in [6, 6.07) is 3.99. The third-order valence-corrected chi connectivity index (χ3v) is 4.88. The van der Waals surface area contributed by atoms with Crippen molar-refractivity contribution in [1.82, 2.24) is 20.2 Å². The highest BCUT2D eigenvalue weighted by Crippen LogP contribution is 2.28. The van der Waals surface area contributed by atoms with Crippen molar-refractivity contribution in [3.05, 3.63) is 41.9 Å². The van der Waals surface area contributed by atoms with E-state index in [0.29, 0.717) is 5.69 Å². The lowest BCUT2D eigenvalue weighted by atomic mass is 9.94. The van der Waals surface area contributed by atoms with Gasteiger partial charge in [-0.25, -0.2) is 4.98 Å². The molecule has 6 nitrogen and oxygen atoms in total. The molecule has 3 heterocycles. The number of aromatic nitrogens is 2. The predicted molar refractivity (Wildman–Crippen MR) is 96.5 cm³/mol. The number of carbonyl (C=O) groups is 1.